The molecule has 1 aromatic heterocycles. The first-order valence-corrected chi connectivity index (χ1v) is 9.71. The number of benzene rings is 1. The number of nitrogens with zero attached hydrogens (tertiary/aromatic N) is 2. The number of hydrogen-bond donors (Lipinski definition) is 2. The molecule has 0 aliphatic carbocycles. The van der Waals surface area contributed by atoms with Crippen molar-refractivity contribution in [2.75, 3.05) is 11.1 Å². The van der Waals surface area contributed by atoms with Crippen LogP contribution in [0.4, 0.5) is 10.1 Å². The van der Waals surface area contributed by atoms with Crippen molar-refractivity contribution in [3.63, 3.8) is 0 Å². The summed E-state index contributed by atoms with van der Waals surface area (Å²) in [6.45, 7) is 3.96. The number of halogens is 1. The molecule has 2 aromatic rings. The molecule has 0 aliphatic rings. The molecular formula is C16H19FN4O2S2. The Labute approximate surface area is 153 Å². The largest absolute Gasteiger partial charge is 0.353 e. The van der Waals surface area contributed by atoms with Gasteiger partial charge in [0, 0.05) is 17.5 Å². The van der Waals surface area contributed by atoms with Gasteiger partial charge in [0.1, 0.15) is 10.8 Å². The maximum absolute atomic E-state index is 13.1. The molecule has 0 radical (unpaired) electrons. The molecule has 0 aliphatic heterocycles. The fourth-order valence-electron chi connectivity index (χ4n) is 1.80. The fourth-order valence-corrected chi connectivity index (χ4v) is 3.42. The van der Waals surface area contributed by atoms with Crippen molar-refractivity contribution in [1.29, 1.82) is 0 Å². The van der Waals surface area contributed by atoms with Crippen LogP contribution < -0.4 is 10.6 Å². The van der Waals surface area contributed by atoms with Gasteiger partial charge in [0.2, 0.25) is 10.9 Å². The Kier molecular flexibility index (Phi) is 7.32. The second-order valence-electron chi connectivity index (χ2n) is 5.34. The number of nitrogens with one attached hydrogen (secondary N) is 2. The van der Waals surface area contributed by atoms with Gasteiger partial charge in [-0.25, -0.2) is 4.39 Å². The monoisotopic (exact) mass is 382 g/mol. The van der Waals surface area contributed by atoms with Gasteiger partial charge in [0.05, 0.1) is 5.75 Å². The van der Waals surface area contributed by atoms with Gasteiger partial charge in [-0.1, -0.05) is 24.3 Å². The van der Waals surface area contributed by atoms with E-state index in [1.807, 2.05) is 13.8 Å². The third-order valence-electron chi connectivity index (χ3n) is 3.22. The molecule has 0 saturated carbocycles. The third kappa shape index (κ3) is 6.43. The van der Waals surface area contributed by atoms with Crippen LogP contribution in [0.25, 0.3) is 0 Å². The predicted octanol–water partition coefficient (Wildman–Crippen LogP) is 3.08. The summed E-state index contributed by atoms with van der Waals surface area (Å²) in [5.74, 6) is -0.0576. The van der Waals surface area contributed by atoms with E-state index >= 15 is 0 Å². The molecule has 0 fully saturated rings. The minimum Gasteiger partial charge on any atom is -0.353 e. The molecule has 0 spiro atoms. The molecule has 134 valence electrons. The summed E-state index contributed by atoms with van der Waals surface area (Å²) < 4.78 is 13.1. The number of hydrogen-bond acceptors (Lipinski definition) is 6. The Balaban J connectivity index is 1.81. The van der Waals surface area contributed by atoms with Gasteiger partial charge in [-0.3, -0.25) is 9.59 Å². The first-order chi connectivity index (χ1) is 12.0. The maximum atomic E-state index is 13.1. The van der Waals surface area contributed by atoms with Gasteiger partial charge in [0.15, 0.2) is 0 Å². The van der Waals surface area contributed by atoms with Crippen LogP contribution >= 0.6 is 23.1 Å². The lowest BCUT2D eigenvalue weighted by molar-refractivity contribution is -0.119. The molecular weight excluding hydrogens is 363 g/mol. The van der Waals surface area contributed by atoms with Crippen molar-refractivity contribution < 1.29 is 14.0 Å². The molecule has 1 aromatic carbocycles. The van der Waals surface area contributed by atoms with Crippen LogP contribution in [0.2, 0.25) is 0 Å². The molecule has 2 rings (SSSR count). The second-order valence-corrected chi connectivity index (χ2v) is 7.38. The van der Waals surface area contributed by atoms with Crippen LogP contribution in [0.15, 0.2) is 24.3 Å². The highest BCUT2D eigenvalue weighted by Crippen LogP contribution is 2.18. The second kappa shape index (κ2) is 9.47. The minimum atomic E-state index is -0.436. The van der Waals surface area contributed by atoms with Gasteiger partial charge < -0.3 is 10.6 Å². The smallest absolute Gasteiger partial charge is 0.286 e. The summed E-state index contributed by atoms with van der Waals surface area (Å²) in [7, 11) is 0. The number of carbonyl (C=O) groups is 2. The number of carbonyl (C=O) groups excluding carboxylic acids is 2. The van der Waals surface area contributed by atoms with Crippen molar-refractivity contribution in [1.82, 2.24) is 15.5 Å². The average Bonchev–Trinajstić information content (AvgIpc) is 3.03. The van der Waals surface area contributed by atoms with E-state index in [1.165, 1.54) is 30.0 Å². The number of thioether (sulfide) groups is 1. The lowest BCUT2D eigenvalue weighted by Gasteiger charge is -2.10. The van der Waals surface area contributed by atoms with E-state index in [2.05, 4.69) is 20.8 Å². The Morgan fingerprint density at radius 1 is 1.36 bits per heavy atom. The Morgan fingerprint density at radius 2 is 2.16 bits per heavy atom. The summed E-state index contributed by atoms with van der Waals surface area (Å²) in [5, 5.41) is 14.1. The quantitative estimate of drug-likeness (QED) is 0.733. The summed E-state index contributed by atoms with van der Waals surface area (Å²) in [5.41, 5.74) is 0.359. The van der Waals surface area contributed by atoms with E-state index in [1.54, 1.807) is 6.07 Å². The van der Waals surface area contributed by atoms with Crippen LogP contribution in [-0.2, 0) is 10.5 Å². The summed E-state index contributed by atoms with van der Waals surface area (Å²) in [4.78, 5) is 23.8. The number of anilines is 1. The van der Waals surface area contributed by atoms with Crippen LogP contribution in [0.3, 0.4) is 0 Å². The van der Waals surface area contributed by atoms with Crippen molar-refractivity contribution in [2.45, 2.75) is 32.1 Å². The first kappa shape index (κ1) is 19.3. The Morgan fingerprint density at radius 3 is 2.88 bits per heavy atom. The average molecular weight is 382 g/mol. The highest BCUT2D eigenvalue weighted by molar-refractivity contribution is 7.99. The van der Waals surface area contributed by atoms with Crippen molar-refractivity contribution >= 4 is 40.6 Å². The zero-order valence-corrected chi connectivity index (χ0v) is 15.5. The van der Waals surface area contributed by atoms with Crippen LogP contribution in [0.1, 0.15) is 35.1 Å². The van der Waals surface area contributed by atoms with E-state index in [0.717, 1.165) is 17.8 Å². The van der Waals surface area contributed by atoms with E-state index < -0.39 is 11.7 Å². The molecule has 2 N–H and O–H groups in total. The first-order valence-electron chi connectivity index (χ1n) is 7.74. The molecule has 1 unspecified atom stereocenters. The predicted molar refractivity (Wildman–Crippen MR) is 98.3 cm³/mol. The van der Waals surface area contributed by atoms with Crippen LogP contribution in [0, 0.1) is 5.82 Å². The fraction of sp³-hybridized carbons (Fsp3) is 0.375. The van der Waals surface area contributed by atoms with Crippen molar-refractivity contribution in [3.8, 4) is 0 Å². The lowest BCUT2D eigenvalue weighted by Crippen LogP contribution is -2.33. The highest BCUT2D eigenvalue weighted by Gasteiger charge is 2.14. The maximum Gasteiger partial charge on any atom is 0.286 e. The van der Waals surface area contributed by atoms with E-state index in [4.69, 9.17) is 0 Å². The third-order valence-corrected chi connectivity index (χ3v) is 5.27. The van der Waals surface area contributed by atoms with Gasteiger partial charge in [0.25, 0.3) is 5.91 Å². The van der Waals surface area contributed by atoms with Gasteiger partial charge >= 0.3 is 0 Å². The van der Waals surface area contributed by atoms with Crippen LogP contribution in [0.5, 0.6) is 0 Å². The molecule has 9 heteroatoms. The molecule has 1 atom stereocenters. The summed E-state index contributed by atoms with van der Waals surface area (Å²) in [6.07, 6.45) is 0.886. The Hall–Kier alpha value is -2.00. The lowest BCUT2D eigenvalue weighted by atomic mass is 10.3. The van der Waals surface area contributed by atoms with E-state index in [0.29, 0.717) is 22.2 Å². The molecule has 0 saturated heterocycles. The van der Waals surface area contributed by atoms with Crippen LogP contribution in [-0.4, -0.2) is 33.8 Å². The molecule has 0 bridgehead atoms. The minimum absolute atomic E-state index is 0.0204. The number of amides is 2. The Bertz CT molecular complexity index is 738. The van der Waals surface area contributed by atoms with Crippen molar-refractivity contribution in [2.24, 2.45) is 0 Å². The molecule has 25 heavy (non-hydrogen) atoms. The van der Waals surface area contributed by atoms with E-state index in [9.17, 15) is 14.0 Å². The van der Waals surface area contributed by atoms with Gasteiger partial charge in [-0.2, -0.15) is 0 Å². The molecule has 1 heterocycles. The SMILES string of the molecule is CCC(C)NC(=O)CSCc1nnc(C(=O)Nc2cccc(F)c2)s1. The topological polar surface area (TPSA) is 84.0 Å². The number of aromatic nitrogens is 2. The van der Waals surface area contributed by atoms with E-state index in [-0.39, 0.29) is 17.0 Å². The van der Waals surface area contributed by atoms with Crippen molar-refractivity contribution in [3.05, 3.63) is 40.1 Å². The normalized spacial score (nSPS) is 11.8. The molecule has 2 amide bonds. The zero-order valence-electron chi connectivity index (χ0n) is 13.9. The summed E-state index contributed by atoms with van der Waals surface area (Å²) >= 11 is 2.57. The van der Waals surface area contributed by atoms with Gasteiger partial charge in [-0.15, -0.1) is 22.0 Å². The standard InChI is InChI=1S/C16H19FN4O2S2/c1-3-10(2)18-13(22)8-24-9-14-20-21-16(25-14)15(23)19-12-6-4-5-11(17)7-12/h4-7,10H,3,8-9H2,1-2H3,(H,18,22)(H,19,23). The summed E-state index contributed by atoms with van der Waals surface area (Å²) in [6, 6.07) is 5.79. The zero-order chi connectivity index (χ0) is 18.2. The highest BCUT2D eigenvalue weighted by atomic mass is 32.2. The number of rotatable bonds is 8. The molecule has 6 nitrogen and oxygen atoms in total. The van der Waals surface area contributed by atoms with Gasteiger partial charge in [-0.05, 0) is 31.5 Å².